The van der Waals surface area contributed by atoms with Crippen molar-refractivity contribution in [3.63, 3.8) is 0 Å². The summed E-state index contributed by atoms with van der Waals surface area (Å²) in [5, 5.41) is 10.3. The van der Waals surface area contributed by atoms with Gasteiger partial charge in [0.2, 0.25) is 11.9 Å². The van der Waals surface area contributed by atoms with Crippen LogP contribution in [0.15, 0.2) is 85.1 Å². The largest absolute Gasteiger partial charge is 0.496 e. The van der Waals surface area contributed by atoms with Crippen LogP contribution in [0.2, 0.25) is 5.02 Å². The number of aromatic nitrogens is 2. The Morgan fingerprint density at radius 2 is 1.70 bits per heavy atom. The molecule has 0 saturated carbocycles. The molecule has 2 fully saturated rings. The number of anilines is 1. The first-order valence-electron chi connectivity index (χ1n) is 17.1. The van der Waals surface area contributed by atoms with Crippen molar-refractivity contribution in [2.45, 2.75) is 51.1 Å². The van der Waals surface area contributed by atoms with E-state index in [9.17, 15) is 19.5 Å². The summed E-state index contributed by atoms with van der Waals surface area (Å²) in [5.74, 6) is 0.00608. The average Bonchev–Trinajstić information content (AvgIpc) is 3.44. The first-order valence-corrected chi connectivity index (χ1v) is 17.5. The van der Waals surface area contributed by atoms with Crippen molar-refractivity contribution in [3.8, 4) is 5.75 Å². The first kappa shape index (κ1) is 34.9. The molecule has 1 aromatic heterocycles. The van der Waals surface area contributed by atoms with Crippen molar-refractivity contribution in [2.24, 2.45) is 5.92 Å². The highest BCUT2D eigenvalue weighted by Gasteiger charge is 2.41. The lowest BCUT2D eigenvalue weighted by atomic mass is 9.98. The van der Waals surface area contributed by atoms with E-state index in [-0.39, 0.29) is 36.4 Å². The maximum atomic E-state index is 14.1. The van der Waals surface area contributed by atoms with Crippen LogP contribution in [0.1, 0.15) is 52.0 Å². The van der Waals surface area contributed by atoms with E-state index in [1.807, 2.05) is 59.5 Å². The maximum Gasteiger partial charge on any atom is 0.323 e. The molecular weight excluding hydrogens is 654 g/mol. The van der Waals surface area contributed by atoms with Crippen LogP contribution in [0.3, 0.4) is 0 Å². The number of rotatable bonds is 12. The number of carboxylic acids is 1. The van der Waals surface area contributed by atoms with Crippen LogP contribution in [0.5, 0.6) is 5.75 Å². The van der Waals surface area contributed by atoms with Gasteiger partial charge in [-0.25, -0.2) is 9.97 Å². The molecule has 0 spiro atoms. The summed E-state index contributed by atoms with van der Waals surface area (Å²) in [5.41, 5.74) is 3.57. The zero-order chi connectivity index (χ0) is 35.0. The van der Waals surface area contributed by atoms with Crippen molar-refractivity contribution in [3.05, 3.63) is 118 Å². The highest BCUT2D eigenvalue weighted by Crippen LogP contribution is 2.33. The first-order chi connectivity index (χ1) is 24.3. The molecule has 0 bridgehead atoms. The normalized spacial score (nSPS) is 17.2. The van der Waals surface area contributed by atoms with Gasteiger partial charge in [-0.1, -0.05) is 78.7 Å². The number of carbonyl (C=O) groups excluding carboxylic acids is 2. The molecule has 2 aliphatic heterocycles. The molecule has 10 nitrogen and oxygen atoms in total. The standard InChI is InChI=1S/C39H42ClN5O5/c1-50-35-13-6-5-11-29(35)21-36(46)45-20-8-7-12-30-24-44(25-34(30)45)39-41-22-32(33(42-39)19-16-27-9-3-2-4-10-27)38(49)43(26-37(47)48)23-28-14-17-31(40)18-15-28/h2-6,9-11,13-15,17-18,22,30,34H,7-8,12,16,19-21,23-26H2,1H3,(H,47,48)/t30-,34+/m1/s1. The number of para-hydroxylation sites is 1. The molecule has 0 aliphatic carbocycles. The number of fused-ring (bicyclic) bond motifs is 1. The van der Waals surface area contributed by atoms with Gasteiger partial charge in [0.05, 0.1) is 30.8 Å². The molecule has 2 atom stereocenters. The lowest BCUT2D eigenvalue weighted by Gasteiger charge is -2.30. The van der Waals surface area contributed by atoms with Crippen molar-refractivity contribution in [1.82, 2.24) is 19.8 Å². The molecule has 2 amide bonds. The number of hydrogen-bond acceptors (Lipinski definition) is 7. The van der Waals surface area contributed by atoms with Gasteiger partial charge in [-0.2, -0.15) is 0 Å². The monoisotopic (exact) mass is 695 g/mol. The Morgan fingerprint density at radius 1 is 0.940 bits per heavy atom. The summed E-state index contributed by atoms with van der Waals surface area (Å²) >= 11 is 6.06. The molecule has 3 heterocycles. The van der Waals surface area contributed by atoms with Gasteiger partial charge in [0, 0.05) is 43.0 Å². The second-order valence-corrected chi connectivity index (χ2v) is 13.4. The number of amides is 2. The Hall–Kier alpha value is -4.96. The van der Waals surface area contributed by atoms with E-state index < -0.39 is 18.4 Å². The number of benzene rings is 3. The number of likely N-dealkylation sites (tertiary alicyclic amines) is 1. The van der Waals surface area contributed by atoms with E-state index in [0.29, 0.717) is 54.9 Å². The molecule has 0 unspecified atom stereocenters. The minimum Gasteiger partial charge on any atom is -0.496 e. The lowest BCUT2D eigenvalue weighted by molar-refractivity contribution is -0.138. The third-order valence-electron chi connectivity index (χ3n) is 9.65. The molecule has 2 aliphatic rings. The van der Waals surface area contributed by atoms with Crippen molar-refractivity contribution in [2.75, 3.05) is 38.2 Å². The van der Waals surface area contributed by atoms with Crippen LogP contribution < -0.4 is 9.64 Å². The number of ether oxygens (including phenoxy) is 1. The molecule has 4 aromatic rings. The molecule has 2 saturated heterocycles. The van der Waals surface area contributed by atoms with Crippen LogP contribution in [-0.4, -0.2) is 82.0 Å². The van der Waals surface area contributed by atoms with E-state index >= 15 is 0 Å². The zero-order valence-electron chi connectivity index (χ0n) is 28.2. The van der Waals surface area contributed by atoms with Crippen LogP contribution >= 0.6 is 11.6 Å². The topological polar surface area (TPSA) is 116 Å². The van der Waals surface area contributed by atoms with Gasteiger partial charge in [0.15, 0.2) is 0 Å². The van der Waals surface area contributed by atoms with Crippen molar-refractivity contribution < 1.29 is 24.2 Å². The summed E-state index contributed by atoms with van der Waals surface area (Å²) in [6.45, 7) is 1.62. The van der Waals surface area contributed by atoms with Gasteiger partial charge in [-0.15, -0.1) is 0 Å². The summed E-state index contributed by atoms with van der Waals surface area (Å²) in [6.07, 6.45) is 5.93. The van der Waals surface area contributed by atoms with Gasteiger partial charge >= 0.3 is 5.97 Å². The minimum absolute atomic E-state index is 0.0165. The predicted molar refractivity (Wildman–Crippen MR) is 191 cm³/mol. The molecular formula is C39H42ClN5O5. The van der Waals surface area contributed by atoms with Gasteiger partial charge in [0.25, 0.3) is 5.91 Å². The zero-order valence-corrected chi connectivity index (χ0v) is 29.0. The fraction of sp³-hybridized carbons (Fsp3) is 0.359. The molecule has 0 radical (unpaired) electrons. The molecule has 6 rings (SSSR count). The number of hydrogen-bond donors (Lipinski definition) is 1. The Kier molecular flexibility index (Phi) is 11.3. The molecule has 1 N–H and O–H groups in total. The van der Waals surface area contributed by atoms with Crippen LogP contribution in [-0.2, 0) is 35.4 Å². The smallest absolute Gasteiger partial charge is 0.323 e. The van der Waals surface area contributed by atoms with E-state index in [1.165, 1.54) is 4.90 Å². The van der Waals surface area contributed by atoms with Crippen molar-refractivity contribution in [1.29, 1.82) is 0 Å². The molecule has 50 heavy (non-hydrogen) atoms. The maximum absolute atomic E-state index is 14.1. The predicted octanol–water partition coefficient (Wildman–Crippen LogP) is 5.71. The molecule has 11 heteroatoms. The number of nitrogens with zero attached hydrogens (tertiary/aromatic N) is 5. The Balaban J connectivity index is 1.26. The Morgan fingerprint density at radius 3 is 2.46 bits per heavy atom. The summed E-state index contributed by atoms with van der Waals surface area (Å²) in [7, 11) is 1.62. The minimum atomic E-state index is -1.11. The van der Waals surface area contributed by atoms with Gasteiger partial charge in [-0.3, -0.25) is 14.4 Å². The van der Waals surface area contributed by atoms with Gasteiger partial charge in [-0.05, 0) is 60.9 Å². The molecule has 260 valence electrons. The summed E-state index contributed by atoms with van der Waals surface area (Å²) in [4.78, 5) is 54.9. The summed E-state index contributed by atoms with van der Waals surface area (Å²) < 4.78 is 5.52. The number of aliphatic carboxylic acids is 1. The summed E-state index contributed by atoms with van der Waals surface area (Å²) in [6, 6.07) is 24.6. The Bertz CT molecular complexity index is 1800. The number of carbonyl (C=O) groups is 3. The highest BCUT2D eigenvalue weighted by atomic mass is 35.5. The quantitative estimate of drug-likeness (QED) is 0.200. The fourth-order valence-corrected chi connectivity index (χ4v) is 7.24. The number of carboxylic acid groups (broad SMARTS) is 1. The third-order valence-corrected chi connectivity index (χ3v) is 9.90. The molecule has 3 aromatic carbocycles. The van der Waals surface area contributed by atoms with Gasteiger partial charge in [0.1, 0.15) is 12.3 Å². The number of methoxy groups -OCH3 is 1. The second-order valence-electron chi connectivity index (χ2n) is 13.0. The lowest BCUT2D eigenvalue weighted by Crippen LogP contribution is -2.45. The van der Waals surface area contributed by atoms with Crippen molar-refractivity contribution >= 4 is 35.3 Å². The van der Waals surface area contributed by atoms with E-state index in [1.54, 1.807) is 37.6 Å². The average molecular weight is 696 g/mol. The van der Waals surface area contributed by atoms with E-state index in [0.717, 1.165) is 36.0 Å². The second kappa shape index (κ2) is 16.2. The fourth-order valence-electron chi connectivity index (χ4n) is 7.11. The SMILES string of the molecule is COc1ccccc1CC(=O)N1CCCC[C@@H]2CN(c3ncc(C(=O)N(CC(=O)O)Cc4ccc(Cl)cc4)c(CCc4ccccc4)n3)C[C@@H]21. The van der Waals surface area contributed by atoms with Crippen LogP contribution in [0.4, 0.5) is 5.95 Å². The third kappa shape index (κ3) is 8.42. The van der Waals surface area contributed by atoms with Gasteiger partial charge < -0.3 is 24.5 Å². The van der Waals surface area contributed by atoms with Crippen LogP contribution in [0.25, 0.3) is 0 Å². The van der Waals surface area contributed by atoms with Crippen LogP contribution in [0, 0.1) is 5.92 Å². The Labute approximate surface area is 297 Å². The highest BCUT2D eigenvalue weighted by molar-refractivity contribution is 6.30. The van der Waals surface area contributed by atoms with E-state index in [4.69, 9.17) is 26.3 Å². The van der Waals surface area contributed by atoms with E-state index in [2.05, 4.69) is 4.90 Å². The number of halogens is 1. The number of aryl methyl sites for hydroxylation is 2.